The number of esters is 1. The SMILES string of the molecule is C/C=C/CN1C[C@H](C(C)(C)C)C[C@@](OCC)(C(=O)OC)C1. The number of rotatable bonds is 5. The molecule has 4 heteroatoms. The van der Waals surface area contributed by atoms with Gasteiger partial charge in [0.2, 0.25) is 0 Å². The number of carbonyl (C=O) groups is 1. The van der Waals surface area contributed by atoms with Crippen molar-refractivity contribution in [1.29, 1.82) is 0 Å². The summed E-state index contributed by atoms with van der Waals surface area (Å²) in [4.78, 5) is 14.7. The smallest absolute Gasteiger partial charge is 0.339 e. The average molecular weight is 297 g/mol. The van der Waals surface area contributed by atoms with Crippen LogP contribution in [0, 0.1) is 11.3 Å². The summed E-state index contributed by atoms with van der Waals surface area (Å²) in [5, 5.41) is 0. The van der Waals surface area contributed by atoms with Crippen LogP contribution in [-0.2, 0) is 14.3 Å². The van der Waals surface area contributed by atoms with Gasteiger partial charge >= 0.3 is 5.97 Å². The van der Waals surface area contributed by atoms with Crippen molar-refractivity contribution in [3.8, 4) is 0 Å². The van der Waals surface area contributed by atoms with Gasteiger partial charge in [-0.3, -0.25) is 4.90 Å². The van der Waals surface area contributed by atoms with E-state index in [1.54, 1.807) is 0 Å². The third-order valence-electron chi connectivity index (χ3n) is 4.34. The maximum atomic E-state index is 12.4. The number of allylic oxidation sites excluding steroid dienone is 1. The molecular weight excluding hydrogens is 266 g/mol. The van der Waals surface area contributed by atoms with Crippen LogP contribution in [0.4, 0.5) is 0 Å². The van der Waals surface area contributed by atoms with Crippen LogP contribution >= 0.6 is 0 Å². The normalized spacial score (nSPS) is 28.0. The molecule has 1 aliphatic heterocycles. The molecule has 2 atom stereocenters. The molecule has 0 radical (unpaired) electrons. The number of nitrogens with zero attached hydrogens (tertiary/aromatic N) is 1. The highest BCUT2D eigenvalue weighted by molar-refractivity contribution is 5.80. The van der Waals surface area contributed by atoms with E-state index < -0.39 is 5.60 Å². The summed E-state index contributed by atoms with van der Waals surface area (Å²) in [5.41, 5.74) is -0.702. The molecule has 0 N–H and O–H groups in total. The van der Waals surface area contributed by atoms with E-state index in [2.05, 4.69) is 31.7 Å². The Hall–Kier alpha value is -0.870. The summed E-state index contributed by atoms with van der Waals surface area (Å²) >= 11 is 0. The average Bonchev–Trinajstić information content (AvgIpc) is 2.43. The Morgan fingerprint density at radius 3 is 2.57 bits per heavy atom. The molecule has 1 heterocycles. The topological polar surface area (TPSA) is 38.8 Å². The Morgan fingerprint density at radius 2 is 2.10 bits per heavy atom. The van der Waals surface area contributed by atoms with E-state index in [4.69, 9.17) is 9.47 Å². The van der Waals surface area contributed by atoms with Crippen LogP contribution in [0.15, 0.2) is 12.2 Å². The van der Waals surface area contributed by atoms with Crippen molar-refractivity contribution in [1.82, 2.24) is 4.90 Å². The van der Waals surface area contributed by atoms with Crippen LogP contribution in [0.2, 0.25) is 0 Å². The van der Waals surface area contributed by atoms with Gasteiger partial charge in [0, 0.05) is 26.2 Å². The molecule has 0 aliphatic carbocycles. The van der Waals surface area contributed by atoms with Gasteiger partial charge in [0.25, 0.3) is 0 Å². The van der Waals surface area contributed by atoms with E-state index in [-0.39, 0.29) is 11.4 Å². The van der Waals surface area contributed by atoms with Crippen LogP contribution in [0.25, 0.3) is 0 Å². The number of methoxy groups -OCH3 is 1. The molecule has 0 aromatic heterocycles. The number of carbonyl (C=O) groups excluding carboxylic acids is 1. The molecule has 0 amide bonds. The molecule has 0 unspecified atom stereocenters. The minimum Gasteiger partial charge on any atom is -0.467 e. The second-order valence-corrected chi connectivity index (χ2v) is 6.95. The fourth-order valence-electron chi connectivity index (χ4n) is 3.01. The molecule has 1 aliphatic rings. The third kappa shape index (κ3) is 4.55. The van der Waals surface area contributed by atoms with Crippen molar-refractivity contribution in [3.63, 3.8) is 0 Å². The van der Waals surface area contributed by atoms with Gasteiger partial charge in [-0.25, -0.2) is 4.79 Å². The van der Waals surface area contributed by atoms with Crippen molar-refractivity contribution in [2.45, 2.75) is 46.6 Å². The van der Waals surface area contributed by atoms with Gasteiger partial charge in [0.15, 0.2) is 5.60 Å². The maximum Gasteiger partial charge on any atom is 0.339 e. The maximum absolute atomic E-state index is 12.4. The van der Waals surface area contributed by atoms with Gasteiger partial charge < -0.3 is 9.47 Å². The van der Waals surface area contributed by atoms with Crippen molar-refractivity contribution in [3.05, 3.63) is 12.2 Å². The van der Waals surface area contributed by atoms with Crippen LogP contribution in [0.3, 0.4) is 0 Å². The van der Waals surface area contributed by atoms with Gasteiger partial charge in [-0.2, -0.15) is 0 Å². The number of hydrogen-bond acceptors (Lipinski definition) is 4. The first-order valence-electron chi connectivity index (χ1n) is 7.85. The Labute approximate surface area is 129 Å². The second-order valence-electron chi connectivity index (χ2n) is 6.95. The standard InChI is InChI=1S/C17H31NO3/c1-7-9-10-18-12-14(16(3,4)5)11-17(13-18,21-8-2)15(19)20-6/h7,9,14H,8,10-13H2,1-6H3/b9-7+/t14-,17+/m1/s1. The lowest BCUT2D eigenvalue weighted by atomic mass is 9.71. The molecule has 1 saturated heterocycles. The first kappa shape index (κ1) is 18.2. The van der Waals surface area contributed by atoms with E-state index in [0.29, 0.717) is 19.1 Å². The van der Waals surface area contributed by atoms with Gasteiger partial charge in [-0.1, -0.05) is 32.9 Å². The summed E-state index contributed by atoms with van der Waals surface area (Å²) in [5.74, 6) is 0.144. The zero-order chi connectivity index (χ0) is 16.1. The summed E-state index contributed by atoms with van der Waals surface area (Å²) < 4.78 is 11.0. The summed E-state index contributed by atoms with van der Waals surface area (Å²) in [6.45, 7) is 13.6. The van der Waals surface area contributed by atoms with Crippen molar-refractivity contribution in [2.24, 2.45) is 11.3 Å². The lowest BCUT2D eigenvalue weighted by molar-refractivity contribution is -0.183. The predicted octanol–water partition coefficient (Wildman–Crippen LogP) is 2.88. The zero-order valence-electron chi connectivity index (χ0n) is 14.4. The summed E-state index contributed by atoms with van der Waals surface area (Å²) in [6.07, 6.45) is 4.89. The molecule has 122 valence electrons. The Balaban J connectivity index is 3.06. The molecule has 0 spiro atoms. The third-order valence-corrected chi connectivity index (χ3v) is 4.34. The molecular formula is C17H31NO3. The first-order valence-corrected chi connectivity index (χ1v) is 7.85. The van der Waals surface area contributed by atoms with E-state index in [9.17, 15) is 4.79 Å². The fraction of sp³-hybridized carbons (Fsp3) is 0.824. The summed E-state index contributed by atoms with van der Waals surface area (Å²) in [6, 6.07) is 0. The lowest BCUT2D eigenvalue weighted by Gasteiger charge is -2.47. The van der Waals surface area contributed by atoms with Crippen molar-refractivity contribution >= 4 is 5.97 Å². The highest BCUT2D eigenvalue weighted by Gasteiger charge is 2.49. The van der Waals surface area contributed by atoms with Gasteiger partial charge in [0.05, 0.1) is 7.11 Å². The molecule has 0 aromatic carbocycles. The van der Waals surface area contributed by atoms with E-state index in [1.807, 2.05) is 19.9 Å². The number of likely N-dealkylation sites (tertiary alicyclic amines) is 1. The predicted molar refractivity (Wildman–Crippen MR) is 85.2 cm³/mol. The van der Waals surface area contributed by atoms with E-state index in [0.717, 1.165) is 19.5 Å². The molecule has 1 rings (SSSR count). The first-order chi connectivity index (χ1) is 9.79. The second kappa shape index (κ2) is 7.41. The minimum absolute atomic E-state index is 0.130. The Bertz CT molecular complexity index is 373. The highest BCUT2D eigenvalue weighted by Crippen LogP contribution is 2.39. The van der Waals surface area contributed by atoms with Gasteiger partial charge in [0.1, 0.15) is 0 Å². The molecule has 4 nitrogen and oxygen atoms in total. The Kier molecular flexibility index (Phi) is 6.41. The lowest BCUT2D eigenvalue weighted by Crippen LogP contribution is -2.59. The van der Waals surface area contributed by atoms with Crippen LogP contribution < -0.4 is 0 Å². The largest absolute Gasteiger partial charge is 0.467 e. The minimum atomic E-state index is -0.832. The monoisotopic (exact) mass is 297 g/mol. The zero-order valence-corrected chi connectivity index (χ0v) is 14.4. The molecule has 0 aromatic rings. The van der Waals surface area contributed by atoms with Crippen LogP contribution in [0.5, 0.6) is 0 Å². The fourth-order valence-corrected chi connectivity index (χ4v) is 3.01. The van der Waals surface area contributed by atoms with Crippen molar-refractivity contribution < 1.29 is 14.3 Å². The number of ether oxygens (including phenoxy) is 2. The highest BCUT2D eigenvalue weighted by atomic mass is 16.6. The van der Waals surface area contributed by atoms with Gasteiger partial charge in [-0.15, -0.1) is 0 Å². The molecule has 1 fully saturated rings. The number of piperidine rings is 1. The number of hydrogen-bond donors (Lipinski definition) is 0. The Morgan fingerprint density at radius 1 is 1.43 bits per heavy atom. The summed E-state index contributed by atoms with van der Waals surface area (Å²) in [7, 11) is 1.44. The van der Waals surface area contributed by atoms with Crippen LogP contribution in [0.1, 0.15) is 41.0 Å². The quantitative estimate of drug-likeness (QED) is 0.578. The molecule has 0 bridgehead atoms. The van der Waals surface area contributed by atoms with E-state index in [1.165, 1.54) is 7.11 Å². The van der Waals surface area contributed by atoms with Gasteiger partial charge in [-0.05, 0) is 31.6 Å². The van der Waals surface area contributed by atoms with E-state index >= 15 is 0 Å². The van der Waals surface area contributed by atoms with Crippen molar-refractivity contribution in [2.75, 3.05) is 33.4 Å². The van der Waals surface area contributed by atoms with Crippen LogP contribution in [-0.4, -0.2) is 49.8 Å². The molecule has 21 heavy (non-hydrogen) atoms. The molecule has 0 saturated carbocycles.